The second kappa shape index (κ2) is 4.78. The first-order chi connectivity index (χ1) is 7.64. The standard InChI is InChI=1S/C13H20O3S/c1-8(2)12-6-11(17(14,15)16)7-13(9(3)4)10(12)5/h6-9H,1-5H3,(H,14,15,16). The molecule has 1 aromatic carbocycles. The molecule has 0 radical (unpaired) electrons. The van der Waals surface area contributed by atoms with Crippen LogP contribution in [0.3, 0.4) is 0 Å². The van der Waals surface area contributed by atoms with Crippen molar-refractivity contribution >= 4 is 10.1 Å². The molecule has 3 nitrogen and oxygen atoms in total. The molecule has 0 fully saturated rings. The highest BCUT2D eigenvalue weighted by atomic mass is 32.2. The summed E-state index contributed by atoms with van der Waals surface area (Å²) >= 11 is 0. The van der Waals surface area contributed by atoms with Gasteiger partial charge in [-0.2, -0.15) is 8.42 Å². The number of hydrogen-bond acceptors (Lipinski definition) is 2. The molecular formula is C13H20O3S. The molecule has 0 saturated heterocycles. The van der Waals surface area contributed by atoms with Crippen LogP contribution < -0.4 is 0 Å². The molecule has 1 rings (SSSR count). The lowest BCUT2D eigenvalue weighted by Crippen LogP contribution is -2.06. The Morgan fingerprint density at radius 1 is 1.00 bits per heavy atom. The molecule has 1 N–H and O–H groups in total. The highest BCUT2D eigenvalue weighted by Gasteiger charge is 2.18. The molecule has 96 valence electrons. The molecule has 0 bridgehead atoms. The molecule has 0 spiro atoms. The predicted octanol–water partition coefficient (Wildman–Crippen LogP) is 3.49. The fraction of sp³-hybridized carbons (Fsp3) is 0.538. The van der Waals surface area contributed by atoms with Gasteiger partial charge in [0.2, 0.25) is 0 Å². The maximum Gasteiger partial charge on any atom is 0.294 e. The summed E-state index contributed by atoms with van der Waals surface area (Å²) in [5.74, 6) is 0.461. The van der Waals surface area contributed by atoms with Crippen molar-refractivity contribution in [1.29, 1.82) is 0 Å². The van der Waals surface area contributed by atoms with E-state index in [4.69, 9.17) is 4.55 Å². The van der Waals surface area contributed by atoms with Crippen molar-refractivity contribution in [3.63, 3.8) is 0 Å². The summed E-state index contributed by atoms with van der Waals surface area (Å²) in [7, 11) is -4.13. The summed E-state index contributed by atoms with van der Waals surface area (Å²) in [4.78, 5) is -0.00417. The average molecular weight is 256 g/mol. The lowest BCUT2D eigenvalue weighted by Gasteiger charge is -2.18. The fourth-order valence-corrected chi connectivity index (χ4v) is 2.63. The maximum absolute atomic E-state index is 11.2. The minimum atomic E-state index is -4.13. The first kappa shape index (κ1) is 14.2. The highest BCUT2D eigenvalue weighted by Crippen LogP contribution is 2.30. The molecule has 0 amide bonds. The molecule has 1 aromatic rings. The van der Waals surface area contributed by atoms with Crippen molar-refractivity contribution in [2.24, 2.45) is 0 Å². The molecule has 17 heavy (non-hydrogen) atoms. The Morgan fingerprint density at radius 3 is 1.59 bits per heavy atom. The van der Waals surface area contributed by atoms with E-state index in [0.717, 1.165) is 16.7 Å². The van der Waals surface area contributed by atoms with Gasteiger partial charge in [0.1, 0.15) is 0 Å². The third-order valence-electron chi connectivity index (χ3n) is 3.00. The fourth-order valence-electron chi connectivity index (χ4n) is 2.08. The average Bonchev–Trinajstić information content (AvgIpc) is 2.14. The summed E-state index contributed by atoms with van der Waals surface area (Å²) in [6.07, 6.45) is 0. The molecule has 0 atom stereocenters. The lowest BCUT2D eigenvalue weighted by molar-refractivity contribution is 0.482. The predicted molar refractivity (Wildman–Crippen MR) is 69.2 cm³/mol. The third kappa shape index (κ3) is 3.07. The van der Waals surface area contributed by atoms with Crippen LogP contribution in [0.1, 0.15) is 56.2 Å². The van der Waals surface area contributed by atoms with E-state index in [2.05, 4.69) is 0 Å². The lowest BCUT2D eigenvalue weighted by atomic mass is 9.90. The minimum absolute atomic E-state index is 0.00417. The van der Waals surface area contributed by atoms with Gasteiger partial charge in [-0.1, -0.05) is 27.7 Å². The topological polar surface area (TPSA) is 54.4 Å². The van der Waals surface area contributed by atoms with Crippen molar-refractivity contribution in [1.82, 2.24) is 0 Å². The van der Waals surface area contributed by atoms with Gasteiger partial charge in [0.25, 0.3) is 10.1 Å². The van der Waals surface area contributed by atoms with Crippen molar-refractivity contribution in [2.45, 2.75) is 51.3 Å². The van der Waals surface area contributed by atoms with Crippen LogP contribution in [-0.4, -0.2) is 13.0 Å². The van der Waals surface area contributed by atoms with Crippen LogP contribution in [0.25, 0.3) is 0 Å². The van der Waals surface area contributed by atoms with E-state index >= 15 is 0 Å². The van der Waals surface area contributed by atoms with E-state index in [1.54, 1.807) is 12.1 Å². The van der Waals surface area contributed by atoms with Crippen LogP contribution >= 0.6 is 0 Å². The minimum Gasteiger partial charge on any atom is -0.282 e. The number of benzene rings is 1. The summed E-state index contributed by atoms with van der Waals surface area (Å²) in [5.41, 5.74) is 3.06. The zero-order valence-corrected chi connectivity index (χ0v) is 11.8. The molecule has 0 aliphatic heterocycles. The van der Waals surface area contributed by atoms with Crippen molar-refractivity contribution in [3.8, 4) is 0 Å². The second-order valence-corrected chi connectivity index (χ2v) is 6.43. The Bertz CT molecular complexity index is 484. The van der Waals surface area contributed by atoms with Crippen LogP contribution in [0.15, 0.2) is 17.0 Å². The van der Waals surface area contributed by atoms with E-state index < -0.39 is 10.1 Å². The molecule has 0 saturated carbocycles. The van der Waals surface area contributed by atoms with Gasteiger partial charge in [0.15, 0.2) is 0 Å². The Morgan fingerprint density at radius 2 is 1.35 bits per heavy atom. The van der Waals surface area contributed by atoms with Gasteiger partial charge < -0.3 is 0 Å². The van der Waals surface area contributed by atoms with Crippen LogP contribution in [-0.2, 0) is 10.1 Å². The zero-order chi connectivity index (χ0) is 13.4. The number of rotatable bonds is 3. The van der Waals surface area contributed by atoms with Crippen LogP contribution in [0.5, 0.6) is 0 Å². The largest absolute Gasteiger partial charge is 0.294 e. The van der Waals surface area contributed by atoms with Gasteiger partial charge in [0.05, 0.1) is 4.90 Å². The third-order valence-corrected chi connectivity index (χ3v) is 3.83. The zero-order valence-electron chi connectivity index (χ0n) is 11.0. The van der Waals surface area contributed by atoms with Crippen LogP contribution in [0.4, 0.5) is 0 Å². The Hall–Kier alpha value is -0.870. The molecule has 0 unspecified atom stereocenters. The van der Waals surface area contributed by atoms with Gasteiger partial charge in [-0.25, -0.2) is 0 Å². The first-order valence-electron chi connectivity index (χ1n) is 5.76. The quantitative estimate of drug-likeness (QED) is 0.842. The van der Waals surface area contributed by atoms with Crippen molar-refractivity contribution < 1.29 is 13.0 Å². The van der Waals surface area contributed by atoms with E-state index in [-0.39, 0.29) is 16.7 Å². The number of hydrogen-bond donors (Lipinski definition) is 1. The first-order valence-corrected chi connectivity index (χ1v) is 7.20. The van der Waals surface area contributed by atoms with Crippen molar-refractivity contribution in [3.05, 3.63) is 28.8 Å². The molecule has 0 aliphatic carbocycles. The summed E-state index contributed by atoms with van der Waals surface area (Å²) in [5, 5.41) is 0. The molecule has 0 aromatic heterocycles. The normalized spacial score (nSPS) is 12.5. The van der Waals surface area contributed by atoms with E-state index in [1.165, 1.54) is 0 Å². The molecule has 4 heteroatoms. The van der Waals surface area contributed by atoms with Crippen LogP contribution in [0, 0.1) is 6.92 Å². The van der Waals surface area contributed by atoms with Crippen LogP contribution in [0.2, 0.25) is 0 Å². The maximum atomic E-state index is 11.2. The van der Waals surface area contributed by atoms with Gasteiger partial charge in [-0.05, 0) is 47.6 Å². The van der Waals surface area contributed by atoms with Gasteiger partial charge in [0, 0.05) is 0 Å². The second-order valence-electron chi connectivity index (χ2n) is 5.01. The monoisotopic (exact) mass is 256 g/mol. The van der Waals surface area contributed by atoms with Gasteiger partial charge in [-0.15, -0.1) is 0 Å². The summed E-state index contributed by atoms with van der Waals surface area (Å²) in [6, 6.07) is 3.14. The Kier molecular flexibility index (Phi) is 3.99. The summed E-state index contributed by atoms with van der Waals surface area (Å²) in [6.45, 7) is 10.1. The SMILES string of the molecule is Cc1c(C(C)C)cc(S(=O)(=O)O)cc1C(C)C. The Labute approximate surface area is 104 Å². The smallest absolute Gasteiger partial charge is 0.282 e. The van der Waals surface area contributed by atoms with E-state index in [1.807, 2.05) is 34.6 Å². The van der Waals surface area contributed by atoms with E-state index in [9.17, 15) is 8.42 Å². The van der Waals surface area contributed by atoms with Crippen molar-refractivity contribution in [2.75, 3.05) is 0 Å². The summed E-state index contributed by atoms with van der Waals surface area (Å²) < 4.78 is 31.7. The highest BCUT2D eigenvalue weighted by molar-refractivity contribution is 7.85. The molecular weight excluding hydrogens is 236 g/mol. The Balaban J connectivity index is 3.59. The molecule has 0 heterocycles. The molecule has 0 aliphatic rings. The van der Waals surface area contributed by atoms with E-state index in [0.29, 0.717) is 0 Å². The van der Waals surface area contributed by atoms with Gasteiger partial charge in [-0.3, -0.25) is 4.55 Å². The van der Waals surface area contributed by atoms with Gasteiger partial charge >= 0.3 is 0 Å².